The summed E-state index contributed by atoms with van der Waals surface area (Å²) in [5, 5.41) is 5.05. The minimum absolute atomic E-state index is 0.243. The van der Waals surface area contributed by atoms with Crippen LogP contribution >= 0.6 is 0 Å². The van der Waals surface area contributed by atoms with Gasteiger partial charge in [0.2, 0.25) is 0 Å². The molecule has 0 unspecified atom stereocenters. The zero-order valence-corrected chi connectivity index (χ0v) is 7.71. The number of benzene rings is 1. The lowest BCUT2D eigenvalue weighted by atomic mass is 10.2. The smallest absolute Gasteiger partial charge is 0.151 e. The first-order valence-electron chi connectivity index (χ1n) is 4.34. The molecule has 0 N–H and O–H groups in total. The Bertz CT molecular complexity index is 445. The lowest BCUT2D eigenvalue weighted by molar-refractivity contribution is 0.631. The van der Waals surface area contributed by atoms with Crippen molar-refractivity contribution in [1.82, 2.24) is 9.78 Å². The van der Waals surface area contributed by atoms with E-state index in [9.17, 15) is 4.39 Å². The molecule has 0 saturated heterocycles. The number of halogens is 1. The van der Waals surface area contributed by atoms with E-state index in [0.29, 0.717) is 5.52 Å². The molecular weight excluding hydrogens is 167 g/mol. The number of hydrogen-bond donors (Lipinski definition) is 0. The third-order valence-corrected chi connectivity index (χ3v) is 2.27. The second-order valence-corrected chi connectivity index (χ2v) is 3.06. The van der Waals surface area contributed by atoms with Crippen LogP contribution in [0.2, 0.25) is 0 Å². The Morgan fingerprint density at radius 1 is 1.46 bits per heavy atom. The monoisotopic (exact) mass is 178 g/mol. The van der Waals surface area contributed by atoms with Gasteiger partial charge in [-0.15, -0.1) is 0 Å². The van der Waals surface area contributed by atoms with Gasteiger partial charge in [0.1, 0.15) is 5.52 Å². The molecule has 0 bridgehead atoms. The summed E-state index contributed by atoms with van der Waals surface area (Å²) in [5.41, 5.74) is 1.55. The van der Waals surface area contributed by atoms with E-state index < -0.39 is 0 Å². The fourth-order valence-electron chi connectivity index (χ4n) is 1.65. The lowest BCUT2D eigenvalue weighted by Gasteiger charge is -1.95. The van der Waals surface area contributed by atoms with Gasteiger partial charge >= 0.3 is 0 Å². The van der Waals surface area contributed by atoms with Gasteiger partial charge in [-0.2, -0.15) is 5.10 Å². The van der Waals surface area contributed by atoms with Crippen molar-refractivity contribution in [3.8, 4) is 0 Å². The lowest BCUT2D eigenvalue weighted by Crippen LogP contribution is -1.95. The van der Waals surface area contributed by atoms with Crippen LogP contribution in [-0.4, -0.2) is 9.78 Å². The van der Waals surface area contributed by atoms with E-state index in [1.165, 1.54) is 6.07 Å². The SMILES string of the molecule is CCc1c2cccc(F)c2nn1C. The van der Waals surface area contributed by atoms with Crippen LogP contribution in [0.3, 0.4) is 0 Å². The van der Waals surface area contributed by atoms with Crippen molar-refractivity contribution in [2.75, 3.05) is 0 Å². The predicted molar refractivity (Wildman–Crippen MR) is 50.1 cm³/mol. The summed E-state index contributed by atoms with van der Waals surface area (Å²) < 4.78 is 15.0. The summed E-state index contributed by atoms with van der Waals surface area (Å²) in [6, 6.07) is 5.07. The molecule has 0 saturated carbocycles. The standard InChI is InChI=1S/C10H11FN2/c1-3-9-7-5-4-6-8(11)10(7)12-13(9)2/h4-6H,3H2,1-2H3. The highest BCUT2D eigenvalue weighted by atomic mass is 19.1. The molecule has 0 aliphatic rings. The zero-order valence-electron chi connectivity index (χ0n) is 7.71. The second kappa shape index (κ2) is 2.83. The second-order valence-electron chi connectivity index (χ2n) is 3.06. The van der Waals surface area contributed by atoms with Gasteiger partial charge in [-0.1, -0.05) is 19.1 Å². The summed E-state index contributed by atoms with van der Waals surface area (Å²) in [6.07, 6.45) is 0.871. The molecular formula is C10H11FN2. The fourth-order valence-corrected chi connectivity index (χ4v) is 1.65. The maximum atomic E-state index is 13.2. The van der Waals surface area contributed by atoms with E-state index in [-0.39, 0.29) is 5.82 Å². The Hall–Kier alpha value is -1.38. The molecule has 1 aromatic carbocycles. The minimum atomic E-state index is -0.243. The van der Waals surface area contributed by atoms with Gasteiger partial charge in [-0.05, 0) is 12.5 Å². The van der Waals surface area contributed by atoms with Crippen molar-refractivity contribution in [1.29, 1.82) is 0 Å². The van der Waals surface area contributed by atoms with Crippen molar-refractivity contribution in [3.05, 3.63) is 29.7 Å². The average Bonchev–Trinajstić information content (AvgIpc) is 2.43. The van der Waals surface area contributed by atoms with Gasteiger partial charge in [0.25, 0.3) is 0 Å². The van der Waals surface area contributed by atoms with Crippen molar-refractivity contribution >= 4 is 10.9 Å². The van der Waals surface area contributed by atoms with Crippen LogP contribution in [0.15, 0.2) is 18.2 Å². The molecule has 3 heteroatoms. The Morgan fingerprint density at radius 3 is 2.92 bits per heavy atom. The molecule has 1 aromatic heterocycles. The molecule has 0 fully saturated rings. The molecule has 1 heterocycles. The zero-order chi connectivity index (χ0) is 9.42. The number of aryl methyl sites for hydroxylation is 2. The van der Waals surface area contributed by atoms with E-state index in [1.54, 1.807) is 10.7 Å². The van der Waals surface area contributed by atoms with E-state index in [1.807, 2.05) is 20.0 Å². The maximum absolute atomic E-state index is 13.2. The van der Waals surface area contributed by atoms with Crippen LogP contribution in [-0.2, 0) is 13.5 Å². The molecule has 68 valence electrons. The maximum Gasteiger partial charge on any atom is 0.151 e. The molecule has 2 nitrogen and oxygen atoms in total. The molecule has 0 aliphatic carbocycles. The number of nitrogens with zero attached hydrogens (tertiary/aromatic N) is 2. The van der Waals surface area contributed by atoms with Gasteiger partial charge in [-0.25, -0.2) is 4.39 Å². The van der Waals surface area contributed by atoms with Crippen LogP contribution < -0.4 is 0 Å². The average molecular weight is 178 g/mol. The molecule has 13 heavy (non-hydrogen) atoms. The highest BCUT2D eigenvalue weighted by Gasteiger charge is 2.09. The van der Waals surface area contributed by atoms with Crippen molar-refractivity contribution < 1.29 is 4.39 Å². The van der Waals surface area contributed by atoms with E-state index in [2.05, 4.69) is 5.10 Å². The predicted octanol–water partition coefficient (Wildman–Crippen LogP) is 2.27. The van der Waals surface area contributed by atoms with Crippen molar-refractivity contribution in [2.24, 2.45) is 7.05 Å². The summed E-state index contributed by atoms with van der Waals surface area (Å²) in [5.74, 6) is -0.243. The van der Waals surface area contributed by atoms with Gasteiger partial charge in [0.15, 0.2) is 5.82 Å². The molecule has 2 aromatic rings. The van der Waals surface area contributed by atoms with E-state index >= 15 is 0 Å². The van der Waals surface area contributed by atoms with Gasteiger partial charge in [0, 0.05) is 18.1 Å². The van der Waals surface area contributed by atoms with Gasteiger partial charge < -0.3 is 0 Å². The third kappa shape index (κ3) is 1.11. The Balaban J connectivity index is 2.86. The van der Waals surface area contributed by atoms with E-state index in [4.69, 9.17) is 0 Å². The summed E-state index contributed by atoms with van der Waals surface area (Å²) in [7, 11) is 1.85. The number of aromatic nitrogens is 2. The molecule has 0 radical (unpaired) electrons. The first-order valence-corrected chi connectivity index (χ1v) is 4.34. The quantitative estimate of drug-likeness (QED) is 0.655. The fraction of sp³-hybridized carbons (Fsp3) is 0.300. The number of fused-ring (bicyclic) bond motifs is 1. The van der Waals surface area contributed by atoms with Crippen molar-refractivity contribution in [3.63, 3.8) is 0 Å². The molecule has 0 atom stereocenters. The van der Waals surface area contributed by atoms with Gasteiger partial charge in [-0.3, -0.25) is 4.68 Å². The summed E-state index contributed by atoms with van der Waals surface area (Å²) in [6.45, 7) is 2.04. The van der Waals surface area contributed by atoms with Crippen LogP contribution in [0.5, 0.6) is 0 Å². The summed E-state index contributed by atoms with van der Waals surface area (Å²) in [4.78, 5) is 0. The van der Waals surface area contributed by atoms with E-state index in [0.717, 1.165) is 17.5 Å². The largest absolute Gasteiger partial charge is 0.271 e. The molecule has 0 aliphatic heterocycles. The Morgan fingerprint density at radius 2 is 2.23 bits per heavy atom. The first-order chi connectivity index (χ1) is 6.24. The summed E-state index contributed by atoms with van der Waals surface area (Å²) >= 11 is 0. The molecule has 2 rings (SSSR count). The first kappa shape index (κ1) is 8.23. The topological polar surface area (TPSA) is 17.8 Å². The van der Waals surface area contributed by atoms with Crippen molar-refractivity contribution in [2.45, 2.75) is 13.3 Å². The van der Waals surface area contributed by atoms with Crippen LogP contribution in [0.25, 0.3) is 10.9 Å². The van der Waals surface area contributed by atoms with Crippen LogP contribution in [0.1, 0.15) is 12.6 Å². The number of rotatable bonds is 1. The Kier molecular flexibility index (Phi) is 1.79. The number of hydrogen-bond acceptors (Lipinski definition) is 1. The van der Waals surface area contributed by atoms with Gasteiger partial charge in [0.05, 0.1) is 0 Å². The normalized spacial score (nSPS) is 11.0. The Labute approximate surface area is 76.0 Å². The minimum Gasteiger partial charge on any atom is -0.271 e. The highest BCUT2D eigenvalue weighted by molar-refractivity contribution is 5.82. The van der Waals surface area contributed by atoms with Crippen LogP contribution in [0.4, 0.5) is 4.39 Å². The highest BCUT2D eigenvalue weighted by Crippen LogP contribution is 2.20. The van der Waals surface area contributed by atoms with Crippen LogP contribution in [0, 0.1) is 5.82 Å². The molecule has 0 spiro atoms. The third-order valence-electron chi connectivity index (χ3n) is 2.27. The molecule has 0 amide bonds.